The van der Waals surface area contributed by atoms with Crippen LogP contribution in [0.25, 0.3) is 0 Å². The Morgan fingerprint density at radius 1 is 1.25 bits per heavy atom. The third-order valence-electron chi connectivity index (χ3n) is 0.535. The minimum atomic E-state index is -1.26. The SMILES string of the molecule is C=CCN.O=C(O)C=CC(=O)O. The van der Waals surface area contributed by atoms with Crippen molar-refractivity contribution < 1.29 is 19.8 Å². The van der Waals surface area contributed by atoms with Gasteiger partial charge in [-0.1, -0.05) is 6.08 Å². The van der Waals surface area contributed by atoms with Crippen LogP contribution in [0, 0.1) is 0 Å². The third kappa shape index (κ3) is 23.8. The van der Waals surface area contributed by atoms with Crippen LogP contribution in [-0.2, 0) is 9.59 Å². The van der Waals surface area contributed by atoms with Crippen LogP contribution < -0.4 is 5.73 Å². The van der Waals surface area contributed by atoms with Gasteiger partial charge in [-0.25, -0.2) is 9.59 Å². The maximum atomic E-state index is 9.55. The van der Waals surface area contributed by atoms with Crippen molar-refractivity contribution >= 4 is 11.9 Å². The van der Waals surface area contributed by atoms with Crippen molar-refractivity contribution in [2.75, 3.05) is 6.54 Å². The zero-order valence-electron chi connectivity index (χ0n) is 6.43. The second kappa shape index (κ2) is 9.38. The summed E-state index contributed by atoms with van der Waals surface area (Å²) in [5, 5.41) is 15.6. The molecule has 0 fully saturated rings. The molecule has 0 atom stereocenters. The Bertz CT molecular complexity index is 170. The summed E-state index contributed by atoms with van der Waals surface area (Å²) in [6.45, 7) is 3.94. The maximum Gasteiger partial charge on any atom is 0.328 e. The van der Waals surface area contributed by atoms with Crippen molar-refractivity contribution in [2.45, 2.75) is 0 Å². The van der Waals surface area contributed by atoms with Gasteiger partial charge in [-0.05, 0) is 0 Å². The summed E-state index contributed by atoms with van der Waals surface area (Å²) in [5.74, 6) is -2.51. The van der Waals surface area contributed by atoms with Crippen LogP contribution in [-0.4, -0.2) is 28.7 Å². The Balaban J connectivity index is 0. The molecular formula is C7H11NO4. The first-order valence-electron chi connectivity index (χ1n) is 2.99. The van der Waals surface area contributed by atoms with Gasteiger partial charge >= 0.3 is 11.9 Å². The van der Waals surface area contributed by atoms with Crippen LogP contribution in [0.5, 0.6) is 0 Å². The molecule has 0 rings (SSSR count). The number of hydrogen-bond donors (Lipinski definition) is 3. The molecule has 0 spiro atoms. The first-order valence-corrected chi connectivity index (χ1v) is 2.99. The van der Waals surface area contributed by atoms with Crippen LogP contribution in [0.1, 0.15) is 0 Å². The average Bonchev–Trinajstić information content (AvgIpc) is 2.01. The molecule has 0 aliphatic heterocycles. The first kappa shape index (κ1) is 13.0. The van der Waals surface area contributed by atoms with Gasteiger partial charge in [-0.3, -0.25) is 0 Å². The van der Waals surface area contributed by atoms with Gasteiger partial charge in [0.1, 0.15) is 0 Å². The van der Waals surface area contributed by atoms with E-state index in [0.717, 1.165) is 0 Å². The van der Waals surface area contributed by atoms with E-state index in [2.05, 4.69) is 6.58 Å². The number of nitrogens with two attached hydrogens (primary N) is 1. The van der Waals surface area contributed by atoms with Gasteiger partial charge in [-0.15, -0.1) is 6.58 Å². The molecule has 0 saturated carbocycles. The van der Waals surface area contributed by atoms with Gasteiger partial charge in [0.15, 0.2) is 0 Å². The van der Waals surface area contributed by atoms with Crippen LogP contribution in [0.15, 0.2) is 24.8 Å². The smallest absolute Gasteiger partial charge is 0.328 e. The van der Waals surface area contributed by atoms with Crippen LogP contribution in [0.2, 0.25) is 0 Å². The molecule has 0 aliphatic carbocycles. The lowest BCUT2D eigenvalue weighted by molar-refractivity contribution is -0.134. The molecular weight excluding hydrogens is 162 g/mol. The molecule has 0 radical (unpaired) electrons. The second-order valence-electron chi connectivity index (χ2n) is 1.53. The fourth-order valence-corrected chi connectivity index (χ4v) is 0.143. The Labute approximate surface area is 69.8 Å². The Morgan fingerprint density at radius 3 is 1.58 bits per heavy atom. The standard InChI is InChI=1S/C4H4O4.C3H7N/c5-3(6)1-2-4(7)8;1-2-3-4/h1-2H,(H,5,6)(H,7,8);2H,1,3-4H2. The first-order chi connectivity index (χ1) is 5.54. The summed E-state index contributed by atoms with van der Waals surface area (Å²) < 4.78 is 0. The number of carboxylic acid groups (broad SMARTS) is 2. The van der Waals surface area contributed by atoms with Crippen molar-refractivity contribution in [3.63, 3.8) is 0 Å². The highest BCUT2D eigenvalue weighted by Crippen LogP contribution is 1.70. The molecule has 5 heteroatoms. The Morgan fingerprint density at radius 2 is 1.50 bits per heavy atom. The lowest BCUT2D eigenvalue weighted by Gasteiger charge is -1.74. The summed E-state index contributed by atoms with van der Waals surface area (Å²) in [4.78, 5) is 19.1. The minimum Gasteiger partial charge on any atom is -0.478 e. The molecule has 0 aromatic rings. The zero-order valence-corrected chi connectivity index (χ0v) is 6.43. The van der Waals surface area contributed by atoms with E-state index in [1.54, 1.807) is 6.08 Å². The summed E-state index contributed by atoms with van der Waals surface area (Å²) in [7, 11) is 0. The third-order valence-corrected chi connectivity index (χ3v) is 0.535. The molecule has 0 unspecified atom stereocenters. The van der Waals surface area contributed by atoms with Crippen molar-refractivity contribution in [3.05, 3.63) is 24.8 Å². The fourth-order valence-electron chi connectivity index (χ4n) is 0.143. The van der Waals surface area contributed by atoms with E-state index in [1.165, 1.54) is 0 Å². The number of carbonyl (C=O) groups is 2. The number of carboxylic acids is 2. The largest absolute Gasteiger partial charge is 0.478 e. The van der Waals surface area contributed by atoms with E-state index >= 15 is 0 Å². The van der Waals surface area contributed by atoms with Gasteiger partial charge in [0.2, 0.25) is 0 Å². The predicted molar refractivity (Wildman–Crippen MR) is 43.7 cm³/mol. The van der Waals surface area contributed by atoms with Gasteiger partial charge in [0, 0.05) is 18.7 Å². The van der Waals surface area contributed by atoms with E-state index in [9.17, 15) is 9.59 Å². The molecule has 0 saturated heterocycles. The molecule has 0 aromatic carbocycles. The van der Waals surface area contributed by atoms with Crippen molar-refractivity contribution in [1.82, 2.24) is 0 Å². The van der Waals surface area contributed by atoms with Crippen LogP contribution >= 0.6 is 0 Å². The topological polar surface area (TPSA) is 101 Å². The number of rotatable bonds is 3. The maximum absolute atomic E-state index is 9.55. The molecule has 12 heavy (non-hydrogen) atoms. The summed E-state index contributed by atoms with van der Waals surface area (Å²) >= 11 is 0. The summed E-state index contributed by atoms with van der Waals surface area (Å²) in [6.07, 6.45) is 2.77. The van der Waals surface area contributed by atoms with E-state index in [4.69, 9.17) is 15.9 Å². The van der Waals surface area contributed by atoms with E-state index in [1.807, 2.05) is 0 Å². The highest BCUT2D eigenvalue weighted by atomic mass is 16.4. The fraction of sp³-hybridized carbons (Fsp3) is 0.143. The number of hydrogen-bond acceptors (Lipinski definition) is 3. The highest BCUT2D eigenvalue weighted by molar-refractivity contribution is 5.89. The van der Waals surface area contributed by atoms with E-state index in [0.29, 0.717) is 18.7 Å². The van der Waals surface area contributed by atoms with E-state index in [-0.39, 0.29) is 0 Å². The van der Waals surface area contributed by atoms with Gasteiger partial charge < -0.3 is 15.9 Å². The molecule has 68 valence electrons. The lowest BCUT2D eigenvalue weighted by Crippen LogP contribution is -1.91. The lowest BCUT2D eigenvalue weighted by atomic mass is 10.5. The van der Waals surface area contributed by atoms with Crippen molar-refractivity contribution in [1.29, 1.82) is 0 Å². The quantitative estimate of drug-likeness (QED) is 0.406. The second-order valence-corrected chi connectivity index (χ2v) is 1.53. The highest BCUT2D eigenvalue weighted by Gasteiger charge is 1.88. The molecule has 0 heterocycles. The number of aliphatic carboxylic acids is 2. The normalized spacial score (nSPS) is 8.42. The molecule has 5 nitrogen and oxygen atoms in total. The summed E-state index contributed by atoms with van der Waals surface area (Å²) in [6, 6.07) is 0. The van der Waals surface area contributed by atoms with Crippen molar-refractivity contribution in [3.8, 4) is 0 Å². The minimum absolute atomic E-state index is 0.558. The molecule has 0 amide bonds. The van der Waals surface area contributed by atoms with Crippen LogP contribution in [0.3, 0.4) is 0 Å². The summed E-state index contributed by atoms with van der Waals surface area (Å²) in [5.41, 5.74) is 4.91. The predicted octanol–water partition coefficient (Wildman–Crippen LogP) is -0.157. The molecule has 0 bridgehead atoms. The van der Waals surface area contributed by atoms with Gasteiger partial charge in [0.25, 0.3) is 0 Å². The Kier molecular flexibility index (Phi) is 10.2. The monoisotopic (exact) mass is 173 g/mol. The average molecular weight is 173 g/mol. The van der Waals surface area contributed by atoms with Crippen molar-refractivity contribution in [2.24, 2.45) is 5.73 Å². The van der Waals surface area contributed by atoms with E-state index < -0.39 is 11.9 Å². The molecule has 0 aromatic heterocycles. The Hall–Kier alpha value is -1.62. The molecule has 0 aliphatic rings. The molecule has 4 N–H and O–H groups in total. The van der Waals surface area contributed by atoms with Crippen LogP contribution in [0.4, 0.5) is 0 Å². The zero-order chi connectivity index (χ0) is 9.98. The van der Waals surface area contributed by atoms with Gasteiger partial charge in [0.05, 0.1) is 0 Å². The van der Waals surface area contributed by atoms with Gasteiger partial charge in [-0.2, -0.15) is 0 Å².